The van der Waals surface area contributed by atoms with Crippen LogP contribution in [0.4, 0.5) is 4.79 Å². The van der Waals surface area contributed by atoms with Crippen molar-refractivity contribution in [1.29, 1.82) is 0 Å². The van der Waals surface area contributed by atoms with Gasteiger partial charge in [0, 0.05) is 39.3 Å². The van der Waals surface area contributed by atoms with Gasteiger partial charge in [0.1, 0.15) is 5.60 Å². The van der Waals surface area contributed by atoms with Gasteiger partial charge in [0.2, 0.25) is 10.0 Å². The topological polar surface area (TPSA) is 103 Å². The van der Waals surface area contributed by atoms with Crippen molar-refractivity contribution in [3.05, 3.63) is 0 Å². The Kier molecular flexibility index (Phi) is 9.26. The van der Waals surface area contributed by atoms with Crippen LogP contribution in [0.25, 0.3) is 0 Å². The van der Waals surface area contributed by atoms with Crippen molar-refractivity contribution in [2.75, 3.05) is 39.5 Å². The zero-order valence-corrected chi connectivity index (χ0v) is 20.5. The summed E-state index contributed by atoms with van der Waals surface area (Å²) in [4.78, 5) is 18.3. The molecule has 2 aliphatic heterocycles. The standard InChI is InChI=1S/C17H33N5O4S.HI/c1-17(2,3)26-16(23)20-13-8-10-21(12-13)15(18-4)19-11-14-7-6-9-22(14)27(5,24)25;/h13-14H,6-12H2,1-5H3,(H,18,19)(H,20,23);1H/t13-,14-;/m1./s1. The Morgan fingerprint density at radius 3 is 2.50 bits per heavy atom. The van der Waals surface area contributed by atoms with Crippen LogP contribution in [0.1, 0.15) is 40.0 Å². The lowest BCUT2D eigenvalue weighted by atomic mass is 10.2. The molecule has 0 aliphatic carbocycles. The number of carbonyl (C=O) groups is 1. The molecule has 0 saturated carbocycles. The highest BCUT2D eigenvalue weighted by atomic mass is 127. The summed E-state index contributed by atoms with van der Waals surface area (Å²) < 4.78 is 30.6. The molecule has 2 rings (SSSR count). The van der Waals surface area contributed by atoms with Gasteiger partial charge in [-0.3, -0.25) is 4.99 Å². The molecule has 2 N–H and O–H groups in total. The van der Waals surface area contributed by atoms with Crippen LogP contribution in [0.15, 0.2) is 4.99 Å². The fourth-order valence-electron chi connectivity index (χ4n) is 3.54. The molecule has 9 nitrogen and oxygen atoms in total. The molecule has 0 bridgehead atoms. The fourth-order valence-corrected chi connectivity index (χ4v) is 4.72. The number of nitrogens with one attached hydrogen (secondary N) is 2. The Labute approximate surface area is 185 Å². The minimum atomic E-state index is -3.18. The monoisotopic (exact) mass is 531 g/mol. The van der Waals surface area contributed by atoms with E-state index in [1.54, 1.807) is 11.4 Å². The number of rotatable bonds is 4. The molecule has 2 atom stereocenters. The van der Waals surface area contributed by atoms with Gasteiger partial charge in [0.25, 0.3) is 0 Å². The van der Waals surface area contributed by atoms with Crippen LogP contribution in [0.5, 0.6) is 0 Å². The number of alkyl carbamates (subject to hydrolysis) is 1. The predicted octanol–water partition coefficient (Wildman–Crippen LogP) is 1.20. The van der Waals surface area contributed by atoms with Gasteiger partial charge < -0.3 is 20.3 Å². The van der Waals surface area contributed by atoms with Gasteiger partial charge in [-0.1, -0.05) is 0 Å². The lowest BCUT2D eigenvalue weighted by Gasteiger charge is -2.26. The third-order valence-electron chi connectivity index (χ3n) is 4.67. The van der Waals surface area contributed by atoms with E-state index >= 15 is 0 Å². The maximum atomic E-state index is 11.9. The summed E-state index contributed by atoms with van der Waals surface area (Å²) in [5.74, 6) is 0.726. The van der Waals surface area contributed by atoms with E-state index in [2.05, 4.69) is 20.5 Å². The highest BCUT2D eigenvalue weighted by molar-refractivity contribution is 14.0. The van der Waals surface area contributed by atoms with Crippen molar-refractivity contribution in [1.82, 2.24) is 19.8 Å². The smallest absolute Gasteiger partial charge is 0.407 e. The van der Waals surface area contributed by atoms with Crippen molar-refractivity contribution < 1.29 is 17.9 Å². The Morgan fingerprint density at radius 1 is 1.25 bits per heavy atom. The predicted molar refractivity (Wildman–Crippen MR) is 121 cm³/mol. The molecule has 0 unspecified atom stereocenters. The number of likely N-dealkylation sites (tertiary alicyclic amines) is 1. The highest BCUT2D eigenvalue weighted by Crippen LogP contribution is 2.20. The molecule has 2 heterocycles. The largest absolute Gasteiger partial charge is 0.444 e. The summed E-state index contributed by atoms with van der Waals surface area (Å²) in [5, 5.41) is 6.19. The van der Waals surface area contributed by atoms with Gasteiger partial charge in [-0.2, -0.15) is 4.31 Å². The third kappa shape index (κ3) is 7.54. The zero-order valence-electron chi connectivity index (χ0n) is 17.4. The number of ether oxygens (including phenoxy) is 1. The summed E-state index contributed by atoms with van der Waals surface area (Å²) in [7, 11) is -1.48. The van der Waals surface area contributed by atoms with E-state index in [0.29, 0.717) is 19.6 Å². The summed E-state index contributed by atoms with van der Waals surface area (Å²) >= 11 is 0. The minimum absolute atomic E-state index is 0. The number of hydrogen-bond donors (Lipinski definition) is 2. The SMILES string of the molecule is CN=C(NC[C@H]1CCCN1S(C)(=O)=O)N1CC[C@@H](NC(=O)OC(C)(C)C)C1.I. The molecular formula is C17H34IN5O4S. The van der Waals surface area contributed by atoms with Crippen LogP contribution in [0.2, 0.25) is 0 Å². The molecule has 0 spiro atoms. The molecule has 0 aromatic rings. The maximum Gasteiger partial charge on any atom is 0.407 e. The van der Waals surface area contributed by atoms with E-state index in [-0.39, 0.29) is 36.1 Å². The van der Waals surface area contributed by atoms with Gasteiger partial charge in [0.15, 0.2) is 5.96 Å². The van der Waals surface area contributed by atoms with Gasteiger partial charge in [-0.15, -0.1) is 24.0 Å². The van der Waals surface area contributed by atoms with Crippen LogP contribution >= 0.6 is 24.0 Å². The minimum Gasteiger partial charge on any atom is -0.444 e. The number of guanidine groups is 1. The molecule has 28 heavy (non-hydrogen) atoms. The molecule has 1 amide bonds. The van der Waals surface area contributed by atoms with Crippen molar-refractivity contribution in [2.45, 2.75) is 57.7 Å². The first-order chi connectivity index (χ1) is 12.5. The van der Waals surface area contributed by atoms with Gasteiger partial charge in [0.05, 0.1) is 12.3 Å². The summed E-state index contributed by atoms with van der Waals surface area (Å²) in [6, 6.07) is -0.0487. The second-order valence-electron chi connectivity index (χ2n) is 8.18. The number of halogens is 1. The first kappa shape index (κ1) is 25.2. The van der Waals surface area contributed by atoms with Crippen LogP contribution in [0.3, 0.4) is 0 Å². The zero-order chi connectivity index (χ0) is 20.2. The van der Waals surface area contributed by atoms with E-state index in [9.17, 15) is 13.2 Å². The average Bonchev–Trinajstić information content (AvgIpc) is 3.15. The number of amides is 1. The van der Waals surface area contributed by atoms with Crippen molar-refractivity contribution >= 4 is 46.1 Å². The fraction of sp³-hybridized carbons (Fsp3) is 0.882. The van der Waals surface area contributed by atoms with Crippen molar-refractivity contribution in [3.63, 3.8) is 0 Å². The number of carbonyl (C=O) groups excluding carboxylic acids is 1. The van der Waals surface area contributed by atoms with E-state index in [4.69, 9.17) is 4.74 Å². The Balaban J connectivity index is 0.00000392. The lowest BCUT2D eigenvalue weighted by Crippen LogP contribution is -2.48. The van der Waals surface area contributed by atoms with Crippen LogP contribution in [-0.4, -0.2) is 86.8 Å². The molecule has 0 aromatic heterocycles. The first-order valence-electron chi connectivity index (χ1n) is 9.41. The molecule has 11 heteroatoms. The van der Waals surface area contributed by atoms with Gasteiger partial charge in [-0.25, -0.2) is 13.2 Å². The molecule has 2 aliphatic rings. The second kappa shape index (κ2) is 10.3. The molecular weight excluding hydrogens is 497 g/mol. The number of hydrogen-bond acceptors (Lipinski definition) is 5. The molecule has 2 saturated heterocycles. The second-order valence-corrected chi connectivity index (χ2v) is 10.1. The normalized spacial score (nSPS) is 24.0. The Hall–Kier alpha value is -0.820. The van der Waals surface area contributed by atoms with Crippen molar-refractivity contribution in [3.8, 4) is 0 Å². The number of aliphatic imine (C=N–C) groups is 1. The van der Waals surface area contributed by atoms with E-state index < -0.39 is 21.7 Å². The highest BCUT2D eigenvalue weighted by Gasteiger charge is 2.32. The van der Waals surface area contributed by atoms with E-state index in [1.165, 1.54) is 6.26 Å². The number of nitrogens with zero attached hydrogens (tertiary/aromatic N) is 3. The summed E-state index contributed by atoms with van der Waals surface area (Å²) in [6.07, 6.45) is 3.38. The lowest BCUT2D eigenvalue weighted by molar-refractivity contribution is 0.0507. The van der Waals surface area contributed by atoms with E-state index in [0.717, 1.165) is 31.8 Å². The Morgan fingerprint density at radius 2 is 1.93 bits per heavy atom. The van der Waals surface area contributed by atoms with Crippen LogP contribution < -0.4 is 10.6 Å². The van der Waals surface area contributed by atoms with Gasteiger partial charge in [-0.05, 0) is 40.0 Å². The third-order valence-corrected chi connectivity index (χ3v) is 6.00. The number of sulfonamides is 1. The first-order valence-corrected chi connectivity index (χ1v) is 11.3. The molecule has 0 radical (unpaired) electrons. The molecule has 0 aromatic carbocycles. The van der Waals surface area contributed by atoms with Crippen molar-refractivity contribution in [2.24, 2.45) is 4.99 Å². The van der Waals surface area contributed by atoms with Gasteiger partial charge >= 0.3 is 6.09 Å². The summed E-state index contributed by atoms with van der Waals surface area (Å²) in [5.41, 5.74) is -0.521. The van der Waals surface area contributed by atoms with E-state index in [1.807, 2.05) is 20.8 Å². The van der Waals surface area contributed by atoms with Crippen LogP contribution in [0, 0.1) is 0 Å². The molecule has 2 fully saturated rings. The quantitative estimate of drug-likeness (QED) is 0.321. The maximum absolute atomic E-state index is 11.9. The van der Waals surface area contributed by atoms with Crippen LogP contribution in [-0.2, 0) is 14.8 Å². The average molecular weight is 531 g/mol. The Bertz CT molecular complexity index is 665. The summed E-state index contributed by atoms with van der Waals surface area (Å²) in [6.45, 7) is 8.02. The molecule has 164 valence electrons.